The average Bonchev–Trinajstić information content (AvgIpc) is 3.61. The molecule has 0 saturated heterocycles. The van der Waals surface area contributed by atoms with Gasteiger partial charge >= 0.3 is 5.63 Å². The van der Waals surface area contributed by atoms with Gasteiger partial charge in [0.15, 0.2) is 0 Å². The van der Waals surface area contributed by atoms with Crippen molar-refractivity contribution in [3.8, 4) is 11.3 Å². The van der Waals surface area contributed by atoms with Gasteiger partial charge in [-0.1, -0.05) is 40.2 Å². The van der Waals surface area contributed by atoms with E-state index in [9.17, 15) is 13.6 Å². The monoisotopic (exact) mass is 629 g/mol. The number of hydrogen-bond acceptors (Lipinski definition) is 6. The molecule has 0 bridgehead atoms. The van der Waals surface area contributed by atoms with Crippen LogP contribution in [0, 0.1) is 17.6 Å². The second-order valence-electron chi connectivity index (χ2n) is 10.2. The molecule has 1 aliphatic carbocycles. The van der Waals surface area contributed by atoms with Crippen molar-refractivity contribution in [2.75, 3.05) is 5.01 Å². The average molecular weight is 631 g/mol. The Hall–Kier alpha value is -3.95. The molecule has 7 rings (SSSR count). The van der Waals surface area contributed by atoms with Gasteiger partial charge in [-0.15, -0.1) is 11.3 Å². The zero-order valence-corrected chi connectivity index (χ0v) is 24.0. The number of hydrogen-bond donors (Lipinski definition) is 0. The number of benzene rings is 3. The smallest absolute Gasteiger partial charge is 0.345 e. The van der Waals surface area contributed by atoms with E-state index in [0.717, 1.165) is 51.5 Å². The number of anilines is 1. The molecule has 3 aromatic carbocycles. The summed E-state index contributed by atoms with van der Waals surface area (Å²) < 4.78 is 33.9. The molecule has 41 heavy (non-hydrogen) atoms. The van der Waals surface area contributed by atoms with Crippen LogP contribution < -0.4 is 10.6 Å². The lowest BCUT2D eigenvalue weighted by Gasteiger charge is -2.29. The van der Waals surface area contributed by atoms with E-state index in [2.05, 4.69) is 22.0 Å². The van der Waals surface area contributed by atoms with Crippen LogP contribution in [-0.2, 0) is 0 Å². The van der Waals surface area contributed by atoms with Gasteiger partial charge in [-0.25, -0.2) is 23.6 Å². The van der Waals surface area contributed by atoms with E-state index in [-0.39, 0.29) is 23.6 Å². The van der Waals surface area contributed by atoms with Gasteiger partial charge < -0.3 is 4.42 Å². The summed E-state index contributed by atoms with van der Waals surface area (Å²) in [7, 11) is 0. The maximum atomic E-state index is 13.9. The van der Waals surface area contributed by atoms with Crippen molar-refractivity contribution >= 4 is 55.2 Å². The van der Waals surface area contributed by atoms with Crippen LogP contribution in [0.4, 0.5) is 13.9 Å². The fourth-order valence-electron chi connectivity index (χ4n) is 5.68. The summed E-state index contributed by atoms with van der Waals surface area (Å²) in [5, 5.41) is 10.3. The van der Waals surface area contributed by atoms with Gasteiger partial charge in [0.05, 0.1) is 23.0 Å². The van der Waals surface area contributed by atoms with E-state index in [0.29, 0.717) is 22.0 Å². The zero-order valence-electron chi connectivity index (χ0n) is 21.6. The largest absolute Gasteiger partial charge is 0.422 e. The molecule has 0 spiro atoms. The minimum Gasteiger partial charge on any atom is -0.422 e. The van der Waals surface area contributed by atoms with Crippen molar-refractivity contribution in [2.45, 2.75) is 25.3 Å². The highest BCUT2D eigenvalue weighted by Gasteiger charge is 2.43. The van der Waals surface area contributed by atoms with Crippen molar-refractivity contribution in [1.29, 1.82) is 0 Å². The van der Waals surface area contributed by atoms with Gasteiger partial charge in [0.25, 0.3) is 0 Å². The normalized spacial score (nSPS) is 19.5. The van der Waals surface area contributed by atoms with E-state index in [4.69, 9.17) is 14.5 Å². The Kier molecular flexibility index (Phi) is 6.63. The number of aromatic nitrogens is 1. The lowest BCUT2D eigenvalue weighted by molar-refractivity contribution is 0.486. The van der Waals surface area contributed by atoms with E-state index < -0.39 is 5.63 Å². The fourth-order valence-corrected chi connectivity index (χ4v) is 6.87. The maximum Gasteiger partial charge on any atom is 0.345 e. The Morgan fingerprint density at radius 3 is 2.54 bits per heavy atom. The number of thiazole rings is 1. The number of allylic oxidation sites excluding steroid dienone is 1. The Labute approximate surface area is 246 Å². The summed E-state index contributed by atoms with van der Waals surface area (Å²) in [5.74, 6) is -0.510. The van der Waals surface area contributed by atoms with Crippen molar-refractivity contribution in [1.82, 2.24) is 4.98 Å². The predicted molar refractivity (Wildman–Crippen MR) is 162 cm³/mol. The van der Waals surface area contributed by atoms with Crippen LogP contribution in [0.3, 0.4) is 0 Å². The van der Waals surface area contributed by atoms with Crippen LogP contribution in [0.5, 0.6) is 0 Å². The first-order valence-corrected chi connectivity index (χ1v) is 14.9. The van der Waals surface area contributed by atoms with Crippen LogP contribution >= 0.6 is 27.3 Å². The lowest BCUT2D eigenvalue weighted by atomic mass is 9.77. The molecule has 2 atom stereocenters. The first-order valence-electron chi connectivity index (χ1n) is 13.2. The number of fused-ring (bicyclic) bond motifs is 2. The highest BCUT2D eigenvalue weighted by atomic mass is 79.9. The van der Waals surface area contributed by atoms with E-state index in [1.807, 2.05) is 22.5 Å². The zero-order chi connectivity index (χ0) is 28.1. The molecule has 2 unspecified atom stereocenters. The van der Waals surface area contributed by atoms with E-state index >= 15 is 0 Å². The Morgan fingerprint density at radius 1 is 1.00 bits per heavy atom. The van der Waals surface area contributed by atoms with Crippen molar-refractivity contribution in [3.63, 3.8) is 0 Å². The second-order valence-corrected chi connectivity index (χ2v) is 11.9. The quantitative estimate of drug-likeness (QED) is 0.186. The number of halogens is 3. The number of nitrogens with zero attached hydrogens (tertiary/aromatic N) is 3. The van der Waals surface area contributed by atoms with Gasteiger partial charge in [0, 0.05) is 21.2 Å². The van der Waals surface area contributed by atoms with Crippen molar-refractivity contribution < 1.29 is 13.2 Å². The molecular formula is C32H22BrF2N3O2S. The summed E-state index contributed by atoms with van der Waals surface area (Å²) >= 11 is 4.87. The third-order valence-electron chi connectivity index (χ3n) is 7.58. The summed E-state index contributed by atoms with van der Waals surface area (Å²) in [6.07, 6.45) is 4.81. The van der Waals surface area contributed by atoms with Crippen LogP contribution in [0.25, 0.3) is 28.3 Å². The first kappa shape index (κ1) is 26.0. The third-order valence-corrected chi connectivity index (χ3v) is 8.91. The highest BCUT2D eigenvalue weighted by molar-refractivity contribution is 9.10. The minimum absolute atomic E-state index is 0.0661. The fraction of sp³-hybridized carbons (Fsp3) is 0.156. The van der Waals surface area contributed by atoms with Crippen molar-refractivity contribution in [2.24, 2.45) is 11.0 Å². The van der Waals surface area contributed by atoms with Gasteiger partial charge in [0.2, 0.25) is 5.13 Å². The summed E-state index contributed by atoms with van der Waals surface area (Å²) in [5.41, 5.74) is 4.83. The Bertz CT molecular complexity index is 1900. The standard InChI is InChI=1S/C32H22BrF2N3O2S/c33-22-8-13-28-21(15-22)16-26(31(39)40-28)27-17-41-32(36-27)38-30(19-6-11-24(35)12-7-19)25-3-1-2-20(29(25)37-38)14-18-4-9-23(34)10-5-18/h4-17,25,30H,1-3H2/b20-14+. The summed E-state index contributed by atoms with van der Waals surface area (Å²) in [6, 6.07) is 20.0. The summed E-state index contributed by atoms with van der Waals surface area (Å²) in [6.45, 7) is 0. The first-order chi connectivity index (χ1) is 19.9. The molecule has 1 aliphatic heterocycles. The number of hydrazone groups is 1. The molecule has 204 valence electrons. The molecular weight excluding hydrogens is 608 g/mol. The summed E-state index contributed by atoms with van der Waals surface area (Å²) in [4.78, 5) is 17.7. The molecule has 0 N–H and O–H groups in total. The van der Waals surface area contributed by atoms with Crippen LogP contribution in [0.15, 0.2) is 103 Å². The highest BCUT2D eigenvalue weighted by Crippen LogP contribution is 2.47. The number of rotatable bonds is 4. The molecule has 1 saturated carbocycles. The molecule has 5 aromatic rings. The van der Waals surface area contributed by atoms with Gasteiger partial charge in [-0.05, 0) is 90.6 Å². The topological polar surface area (TPSA) is 58.7 Å². The molecule has 2 aliphatic rings. The molecule has 0 radical (unpaired) electrons. The predicted octanol–water partition coefficient (Wildman–Crippen LogP) is 8.76. The lowest BCUT2D eigenvalue weighted by Crippen LogP contribution is -2.28. The van der Waals surface area contributed by atoms with Gasteiger partial charge in [0.1, 0.15) is 17.2 Å². The van der Waals surface area contributed by atoms with Crippen LogP contribution in [0.1, 0.15) is 36.4 Å². The molecule has 3 heterocycles. The van der Waals surface area contributed by atoms with Crippen LogP contribution in [-0.4, -0.2) is 10.7 Å². The van der Waals surface area contributed by atoms with Crippen LogP contribution in [0.2, 0.25) is 0 Å². The van der Waals surface area contributed by atoms with E-state index in [1.54, 1.807) is 36.4 Å². The van der Waals surface area contributed by atoms with Crippen molar-refractivity contribution in [3.05, 3.63) is 121 Å². The molecule has 1 fully saturated rings. The Balaban J connectivity index is 1.31. The molecule has 5 nitrogen and oxygen atoms in total. The van der Waals surface area contributed by atoms with Gasteiger partial charge in [-0.3, -0.25) is 0 Å². The molecule has 0 amide bonds. The van der Waals surface area contributed by atoms with Gasteiger partial charge in [-0.2, -0.15) is 5.10 Å². The molecule has 2 aromatic heterocycles. The minimum atomic E-state index is -0.460. The Morgan fingerprint density at radius 2 is 1.76 bits per heavy atom. The second kappa shape index (κ2) is 10.5. The SMILES string of the molecule is O=c1oc2ccc(Br)cc2cc1-c1csc(N2N=C3/C(=C/c4ccc(F)cc4)CCCC3C2c2ccc(F)cc2)n1. The maximum absolute atomic E-state index is 13.9. The third kappa shape index (κ3) is 4.93. The molecule has 9 heteroatoms. The van der Waals surface area contributed by atoms with E-state index in [1.165, 1.54) is 35.6 Å².